The van der Waals surface area contributed by atoms with E-state index in [-0.39, 0.29) is 5.97 Å². The fraction of sp³-hybridized carbons (Fsp3) is 0.235. The van der Waals surface area contributed by atoms with Gasteiger partial charge in [0, 0.05) is 11.4 Å². The molecule has 4 nitrogen and oxygen atoms in total. The van der Waals surface area contributed by atoms with E-state index in [2.05, 4.69) is 4.98 Å². The topological polar surface area (TPSA) is 63.0 Å². The molecule has 0 radical (unpaired) electrons. The number of esters is 1. The summed E-state index contributed by atoms with van der Waals surface area (Å²) in [5, 5.41) is 8.70. The van der Waals surface area contributed by atoms with Crippen molar-refractivity contribution in [2.24, 2.45) is 0 Å². The first-order chi connectivity index (χ1) is 10.2. The summed E-state index contributed by atoms with van der Waals surface area (Å²) in [5.41, 5.74) is 2.98. The number of pyridine rings is 1. The van der Waals surface area contributed by atoms with Gasteiger partial charge < -0.3 is 4.74 Å². The molecule has 0 aliphatic heterocycles. The molecule has 2 rings (SSSR count). The molecule has 0 bridgehead atoms. The van der Waals surface area contributed by atoms with Gasteiger partial charge in [0.05, 0.1) is 23.8 Å². The summed E-state index contributed by atoms with van der Waals surface area (Å²) >= 11 is 0. The fourth-order valence-corrected chi connectivity index (χ4v) is 1.92. The van der Waals surface area contributed by atoms with Gasteiger partial charge in [0.25, 0.3) is 0 Å². The number of carbonyl (C=O) groups excluding carboxylic acids is 1. The molecule has 21 heavy (non-hydrogen) atoms. The molecule has 0 amide bonds. The minimum Gasteiger partial charge on any atom is -0.462 e. The molecule has 0 spiro atoms. The number of ether oxygens (including phenoxy) is 1. The van der Waals surface area contributed by atoms with Gasteiger partial charge in [0.2, 0.25) is 0 Å². The Labute approximate surface area is 124 Å². The van der Waals surface area contributed by atoms with E-state index < -0.39 is 0 Å². The van der Waals surface area contributed by atoms with Gasteiger partial charge in [-0.2, -0.15) is 5.26 Å². The average Bonchev–Trinajstić information content (AvgIpc) is 2.51. The van der Waals surface area contributed by atoms with Crippen LogP contribution in [-0.4, -0.2) is 17.6 Å². The summed E-state index contributed by atoms with van der Waals surface area (Å²) < 4.78 is 5.20. The van der Waals surface area contributed by atoms with E-state index in [4.69, 9.17) is 10.00 Å². The lowest BCUT2D eigenvalue weighted by Crippen LogP contribution is -2.07. The number of carbonyl (C=O) groups is 1. The van der Waals surface area contributed by atoms with Gasteiger partial charge >= 0.3 is 5.97 Å². The van der Waals surface area contributed by atoms with Gasteiger partial charge in [-0.05, 0) is 56.2 Å². The summed E-state index contributed by atoms with van der Waals surface area (Å²) in [6.45, 7) is 2.31. The third-order valence-corrected chi connectivity index (χ3v) is 3.01. The van der Waals surface area contributed by atoms with Gasteiger partial charge in [-0.15, -0.1) is 0 Å². The molecule has 0 aliphatic carbocycles. The quantitative estimate of drug-likeness (QED) is 0.623. The van der Waals surface area contributed by atoms with Crippen LogP contribution in [0.5, 0.6) is 0 Å². The SMILES string of the molecule is Cc1cccc(CCCOC(=O)c2ccc(C#N)cc2)n1. The molecule has 0 fully saturated rings. The molecular formula is C17H16N2O2. The lowest BCUT2D eigenvalue weighted by molar-refractivity contribution is 0.0500. The van der Waals surface area contributed by atoms with Crippen molar-refractivity contribution in [1.29, 1.82) is 5.26 Å². The van der Waals surface area contributed by atoms with E-state index in [1.54, 1.807) is 24.3 Å². The van der Waals surface area contributed by atoms with E-state index in [0.29, 0.717) is 17.7 Å². The Bertz CT molecular complexity index is 657. The molecule has 106 valence electrons. The first-order valence-corrected chi connectivity index (χ1v) is 6.79. The van der Waals surface area contributed by atoms with Gasteiger partial charge in [0.15, 0.2) is 0 Å². The van der Waals surface area contributed by atoms with E-state index in [9.17, 15) is 4.79 Å². The van der Waals surface area contributed by atoms with Crippen LogP contribution in [0.25, 0.3) is 0 Å². The number of hydrogen-bond acceptors (Lipinski definition) is 4. The largest absolute Gasteiger partial charge is 0.462 e. The van der Waals surface area contributed by atoms with Crippen molar-refractivity contribution in [2.45, 2.75) is 19.8 Å². The molecule has 0 saturated heterocycles. The minimum absolute atomic E-state index is 0.356. The zero-order chi connectivity index (χ0) is 15.1. The lowest BCUT2D eigenvalue weighted by atomic mass is 10.1. The van der Waals surface area contributed by atoms with Crippen LogP contribution < -0.4 is 0 Å². The lowest BCUT2D eigenvalue weighted by Gasteiger charge is -2.05. The number of hydrogen-bond donors (Lipinski definition) is 0. The van der Waals surface area contributed by atoms with E-state index in [0.717, 1.165) is 24.2 Å². The van der Waals surface area contributed by atoms with Crippen LogP contribution in [0.3, 0.4) is 0 Å². The second-order valence-electron chi connectivity index (χ2n) is 4.70. The first-order valence-electron chi connectivity index (χ1n) is 6.79. The Balaban J connectivity index is 1.77. The molecule has 2 aromatic rings. The Hall–Kier alpha value is -2.67. The van der Waals surface area contributed by atoms with Crippen LogP contribution in [-0.2, 0) is 11.2 Å². The maximum Gasteiger partial charge on any atom is 0.338 e. The van der Waals surface area contributed by atoms with E-state index in [1.807, 2.05) is 31.2 Å². The van der Waals surface area contributed by atoms with Crippen molar-refractivity contribution < 1.29 is 9.53 Å². The van der Waals surface area contributed by atoms with E-state index in [1.165, 1.54) is 0 Å². The van der Waals surface area contributed by atoms with Gasteiger partial charge in [0.1, 0.15) is 0 Å². The summed E-state index contributed by atoms with van der Waals surface area (Å²) in [6, 6.07) is 14.3. The number of aromatic nitrogens is 1. The molecule has 4 heteroatoms. The second kappa shape index (κ2) is 7.20. The highest BCUT2D eigenvalue weighted by atomic mass is 16.5. The molecule has 1 aromatic carbocycles. The van der Waals surface area contributed by atoms with Crippen LogP contribution in [0.1, 0.15) is 33.7 Å². The predicted molar refractivity (Wildman–Crippen MR) is 78.7 cm³/mol. The molecule has 0 atom stereocenters. The van der Waals surface area contributed by atoms with Crippen molar-refractivity contribution in [3.05, 3.63) is 65.0 Å². The molecule has 0 aliphatic rings. The molecule has 0 unspecified atom stereocenters. The highest BCUT2D eigenvalue weighted by molar-refractivity contribution is 5.89. The molecule has 1 aromatic heterocycles. The maximum atomic E-state index is 11.8. The predicted octanol–water partition coefficient (Wildman–Crippen LogP) is 3.05. The van der Waals surface area contributed by atoms with Crippen LogP contribution in [0.15, 0.2) is 42.5 Å². The minimum atomic E-state index is -0.364. The number of rotatable bonds is 5. The summed E-state index contributed by atoms with van der Waals surface area (Å²) in [7, 11) is 0. The van der Waals surface area contributed by atoms with Crippen LogP contribution in [0.4, 0.5) is 0 Å². The van der Waals surface area contributed by atoms with Crippen molar-refractivity contribution in [3.63, 3.8) is 0 Å². The number of nitrogens with zero attached hydrogens (tertiary/aromatic N) is 2. The average molecular weight is 280 g/mol. The zero-order valence-electron chi connectivity index (χ0n) is 11.9. The Morgan fingerprint density at radius 1 is 1.24 bits per heavy atom. The number of benzene rings is 1. The fourth-order valence-electron chi connectivity index (χ4n) is 1.92. The summed E-state index contributed by atoms with van der Waals surface area (Å²) in [5.74, 6) is -0.364. The second-order valence-corrected chi connectivity index (χ2v) is 4.70. The summed E-state index contributed by atoms with van der Waals surface area (Å²) in [4.78, 5) is 16.2. The Morgan fingerprint density at radius 2 is 2.00 bits per heavy atom. The van der Waals surface area contributed by atoms with Crippen molar-refractivity contribution in [2.75, 3.05) is 6.61 Å². The molecular weight excluding hydrogens is 264 g/mol. The highest BCUT2D eigenvalue weighted by Gasteiger charge is 2.06. The first kappa shape index (κ1) is 14.7. The smallest absolute Gasteiger partial charge is 0.338 e. The Morgan fingerprint density at radius 3 is 2.67 bits per heavy atom. The number of nitriles is 1. The van der Waals surface area contributed by atoms with E-state index >= 15 is 0 Å². The van der Waals surface area contributed by atoms with Crippen molar-refractivity contribution >= 4 is 5.97 Å². The summed E-state index contributed by atoms with van der Waals surface area (Å²) in [6.07, 6.45) is 1.51. The highest BCUT2D eigenvalue weighted by Crippen LogP contribution is 2.06. The van der Waals surface area contributed by atoms with Gasteiger partial charge in [-0.1, -0.05) is 6.07 Å². The third-order valence-electron chi connectivity index (χ3n) is 3.01. The number of aryl methyl sites for hydroxylation is 2. The van der Waals surface area contributed by atoms with Crippen molar-refractivity contribution in [1.82, 2.24) is 4.98 Å². The normalized spacial score (nSPS) is 9.90. The monoisotopic (exact) mass is 280 g/mol. The van der Waals surface area contributed by atoms with Crippen LogP contribution in [0, 0.1) is 18.3 Å². The van der Waals surface area contributed by atoms with Crippen molar-refractivity contribution in [3.8, 4) is 6.07 Å². The van der Waals surface area contributed by atoms with Crippen LogP contribution >= 0.6 is 0 Å². The zero-order valence-corrected chi connectivity index (χ0v) is 11.9. The van der Waals surface area contributed by atoms with Gasteiger partial charge in [-0.25, -0.2) is 4.79 Å². The maximum absolute atomic E-state index is 11.8. The molecule has 0 saturated carbocycles. The standard InChI is InChI=1S/C17H16N2O2/c1-13-4-2-5-16(19-13)6-3-11-21-17(20)15-9-7-14(12-18)8-10-15/h2,4-5,7-10H,3,6,11H2,1H3. The Kier molecular flexibility index (Phi) is 5.05. The van der Waals surface area contributed by atoms with Crippen LogP contribution in [0.2, 0.25) is 0 Å². The van der Waals surface area contributed by atoms with Gasteiger partial charge in [-0.3, -0.25) is 4.98 Å². The third kappa shape index (κ3) is 4.43. The molecule has 1 heterocycles. The molecule has 0 N–H and O–H groups in total.